The Morgan fingerprint density at radius 1 is 1.03 bits per heavy atom. The summed E-state index contributed by atoms with van der Waals surface area (Å²) in [7, 11) is 0. The van der Waals surface area contributed by atoms with Crippen LogP contribution < -0.4 is 16.2 Å². The molecule has 0 aromatic heterocycles. The van der Waals surface area contributed by atoms with Gasteiger partial charge in [0.2, 0.25) is 0 Å². The van der Waals surface area contributed by atoms with Crippen molar-refractivity contribution < 1.29 is 19.1 Å². The van der Waals surface area contributed by atoms with E-state index in [0.717, 1.165) is 36.8 Å². The standard InChI is InChI=1S/C27H34N2O4/c1-18-4-9-20(10-5-18)26(31)33-22-12-6-19(7-13-22)8-15-25(30)32-17-27(2,3)23-14-11-21(28)16-24(23)29/h6-8,11-16,18,20H,4-5,9-10,17,28-29H2,1-3H3. The Balaban J connectivity index is 1.50. The molecular weight excluding hydrogens is 416 g/mol. The molecule has 0 heterocycles. The molecule has 6 nitrogen and oxygen atoms in total. The van der Waals surface area contributed by atoms with Gasteiger partial charge in [-0.15, -0.1) is 0 Å². The third kappa shape index (κ3) is 6.85. The summed E-state index contributed by atoms with van der Waals surface area (Å²) in [6, 6.07) is 12.4. The number of hydrogen-bond acceptors (Lipinski definition) is 6. The van der Waals surface area contributed by atoms with Gasteiger partial charge < -0.3 is 20.9 Å². The Hall–Kier alpha value is -3.28. The molecule has 1 aliphatic rings. The van der Waals surface area contributed by atoms with Crippen molar-refractivity contribution in [1.82, 2.24) is 0 Å². The van der Waals surface area contributed by atoms with E-state index in [9.17, 15) is 9.59 Å². The molecule has 0 bridgehead atoms. The van der Waals surface area contributed by atoms with Gasteiger partial charge in [0.1, 0.15) is 12.4 Å². The molecule has 6 heteroatoms. The van der Waals surface area contributed by atoms with Crippen molar-refractivity contribution in [2.75, 3.05) is 18.1 Å². The topological polar surface area (TPSA) is 105 Å². The molecule has 1 saturated carbocycles. The molecule has 3 rings (SSSR count). The summed E-state index contributed by atoms with van der Waals surface area (Å²) in [6.07, 6.45) is 6.98. The second kappa shape index (κ2) is 10.6. The van der Waals surface area contributed by atoms with Gasteiger partial charge in [-0.3, -0.25) is 4.79 Å². The lowest BCUT2D eigenvalue weighted by atomic mass is 9.83. The van der Waals surface area contributed by atoms with Gasteiger partial charge in [-0.2, -0.15) is 0 Å². The fourth-order valence-corrected chi connectivity index (χ4v) is 4.08. The number of hydrogen-bond donors (Lipinski definition) is 2. The van der Waals surface area contributed by atoms with Crippen LogP contribution in [0.1, 0.15) is 57.6 Å². The van der Waals surface area contributed by atoms with E-state index in [4.69, 9.17) is 20.9 Å². The van der Waals surface area contributed by atoms with Crippen molar-refractivity contribution in [2.45, 2.75) is 51.9 Å². The first-order valence-corrected chi connectivity index (χ1v) is 11.5. The molecule has 0 spiro atoms. The van der Waals surface area contributed by atoms with Crippen molar-refractivity contribution in [3.63, 3.8) is 0 Å². The summed E-state index contributed by atoms with van der Waals surface area (Å²) in [5, 5.41) is 0. The van der Waals surface area contributed by atoms with Crippen LogP contribution in [0, 0.1) is 11.8 Å². The van der Waals surface area contributed by atoms with Crippen LogP contribution in [0.3, 0.4) is 0 Å². The number of carbonyl (C=O) groups is 2. The maximum absolute atomic E-state index is 12.4. The van der Waals surface area contributed by atoms with Crippen molar-refractivity contribution in [3.8, 4) is 5.75 Å². The fraction of sp³-hybridized carbons (Fsp3) is 0.407. The molecule has 0 saturated heterocycles. The van der Waals surface area contributed by atoms with Gasteiger partial charge in [0.05, 0.1) is 5.92 Å². The average Bonchev–Trinajstić information content (AvgIpc) is 2.77. The first kappa shape index (κ1) is 24.4. The van der Waals surface area contributed by atoms with E-state index in [2.05, 4.69) is 6.92 Å². The van der Waals surface area contributed by atoms with Crippen LogP contribution in [0.2, 0.25) is 0 Å². The SMILES string of the molecule is CC1CCC(C(=O)Oc2ccc(C=CC(=O)OCC(C)(C)c3ccc(N)cc3N)cc2)CC1. The smallest absolute Gasteiger partial charge is 0.330 e. The summed E-state index contributed by atoms with van der Waals surface area (Å²) in [5.74, 6) is 0.593. The van der Waals surface area contributed by atoms with Crippen LogP contribution in [0.15, 0.2) is 48.5 Å². The summed E-state index contributed by atoms with van der Waals surface area (Å²) in [4.78, 5) is 24.6. The van der Waals surface area contributed by atoms with E-state index in [0.29, 0.717) is 23.0 Å². The highest BCUT2D eigenvalue weighted by atomic mass is 16.5. The van der Waals surface area contributed by atoms with E-state index in [-0.39, 0.29) is 18.5 Å². The number of anilines is 2. The van der Waals surface area contributed by atoms with Crippen LogP contribution in [-0.2, 0) is 19.7 Å². The minimum atomic E-state index is -0.455. The second-order valence-electron chi connectivity index (χ2n) is 9.62. The number of carbonyl (C=O) groups excluding carboxylic acids is 2. The Morgan fingerprint density at radius 2 is 1.70 bits per heavy atom. The average molecular weight is 451 g/mol. The predicted molar refractivity (Wildman–Crippen MR) is 131 cm³/mol. The maximum Gasteiger partial charge on any atom is 0.330 e. The first-order chi connectivity index (χ1) is 15.6. The molecule has 33 heavy (non-hydrogen) atoms. The number of esters is 2. The van der Waals surface area contributed by atoms with E-state index in [1.54, 1.807) is 42.5 Å². The van der Waals surface area contributed by atoms with Crippen molar-refractivity contribution in [3.05, 3.63) is 59.7 Å². The lowest BCUT2D eigenvalue weighted by Gasteiger charge is -2.26. The quantitative estimate of drug-likeness (QED) is 0.263. The second-order valence-corrected chi connectivity index (χ2v) is 9.62. The van der Waals surface area contributed by atoms with E-state index < -0.39 is 11.4 Å². The van der Waals surface area contributed by atoms with E-state index >= 15 is 0 Å². The summed E-state index contributed by atoms with van der Waals surface area (Å²) in [6.45, 7) is 6.32. The van der Waals surface area contributed by atoms with Crippen molar-refractivity contribution >= 4 is 29.4 Å². The van der Waals surface area contributed by atoms with Gasteiger partial charge in [0.15, 0.2) is 0 Å². The van der Waals surface area contributed by atoms with Gasteiger partial charge in [-0.1, -0.05) is 39.0 Å². The molecule has 176 valence electrons. The minimum absolute atomic E-state index is 0.0108. The number of benzene rings is 2. The number of nitrogen functional groups attached to an aromatic ring is 2. The highest BCUT2D eigenvalue weighted by Crippen LogP contribution is 2.31. The molecule has 0 aliphatic heterocycles. The summed E-state index contributed by atoms with van der Waals surface area (Å²) < 4.78 is 11.0. The van der Waals surface area contributed by atoms with Crippen LogP contribution >= 0.6 is 0 Å². The third-order valence-electron chi connectivity index (χ3n) is 6.24. The van der Waals surface area contributed by atoms with Gasteiger partial charge in [-0.25, -0.2) is 4.79 Å². The molecule has 0 atom stereocenters. The minimum Gasteiger partial charge on any atom is -0.462 e. The normalized spacial score (nSPS) is 18.8. The Bertz CT molecular complexity index is 1000. The van der Waals surface area contributed by atoms with Crippen LogP contribution in [0.5, 0.6) is 5.75 Å². The Morgan fingerprint density at radius 3 is 2.33 bits per heavy atom. The zero-order chi connectivity index (χ0) is 24.0. The predicted octanol–water partition coefficient (Wildman–Crippen LogP) is 5.12. The van der Waals surface area contributed by atoms with Crippen molar-refractivity contribution in [1.29, 1.82) is 0 Å². The molecule has 1 fully saturated rings. The van der Waals surface area contributed by atoms with Gasteiger partial charge in [0, 0.05) is 22.9 Å². The van der Waals surface area contributed by atoms with Gasteiger partial charge in [0.25, 0.3) is 0 Å². The third-order valence-corrected chi connectivity index (χ3v) is 6.24. The molecule has 2 aromatic carbocycles. The lowest BCUT2D eigenvalue weighted by Crippen LogP contribution is -2.27. The largest absolute Gasteiger partial charge is 0.462 e. The Labute approximate surface area is 195 Å². The summed E-state index contributed by atoms with van der Waals surface area (Å²) in [5.41, 5.74) is 14.2. The monoisotopic (exact) mass is 450 g/mol. The number of ether oxygens (including phenoxy) is 2. The molecule has 1 aliphatic carbocycles. The highest BCUT2D eigenvalue weighted by Gasteiger charge is 2.26. The lowest BCUT2D eigenvalue weighted by molar-refractivity contribution is -0.140. The zero-order valence-corrected chi connectivity index (χ0v) is 19.7. The van der Waals surface area contributed by atoms with E-state index in [1.165, 1.54) is 6.08 Å². The van der Waals surface area contributed by atoms with Gasteiger partial charge >= 0.3 is 11.9 Å². The van der Waals surface area contributed by atoms with Crippen molar-refractivity contribution in [2.24, 2.45) is 11.8 Å². The summed E-state index contributed by atoms with van der Waals surface area (Å²) >= 11 is 0. The fourth-order valence-electron chi connectivity index (χ4n) is 4.08. The molecular formula is C27H34N2O4. The molecule has 4 N–H and O–H groups in total. The van der Waals surface area contributed by atoms with Crippen LogP contribution in [-0.4, -0.2) is 18.5 Å². The molecule has 0 amide bonds. The molecule has 0 radical (unpaired) electrons. The highest BCUT2D eigenvalue weighted by molar-refractivity contribution is 5.87. The zero-order valence-electron chi connectivity index (χ0n) is 19.7. The Kier molecular flexibility index (Phi) is 7.79. The number of rotatable bonds is 7. The maximum atomic E-state index is 12.4. The first-order valence-electron chi connectivity index (χ1n) is 11.5. The van der Waals surface area contributed by atoms with Crippen LogP contribution in [0.25, 0.3) is 6.08 Å². The van der Waals surface area contributed by atoms with E-state index in [1.807, 2.05) is 19.9 Å². The van der Waals surface area contributed by atoms with Crippen LogP contribution in [0.4, 0.5) is 11.4 Å². The molecule has 2 aromatic rings. The van der Waals surface area contributed by atoms with Gasteiger partial charge in [-0.05, 0) is 73.1 Å². The molecule has 0 unspecified atom stereocenters. The number of nitrogens with two attached hydrogens (primary N) is 2.